The van der Waals surface area contributed by atoms with Crippen LogP contribution in [-0.4, -0.2) is 24.0 Å². The van der Waals surface area contributed by atoms with E-state index in [1.807, 2.05) is 0 Å². The third-order valence-electron chi connectivity index (χ3n) is 3.41. The SMILES string of the molecule is CCN(C1CC1)C(CCN)c1ccccc1. The van der Waals surface area contributed by atoms with Crippen LogP contribution in [0.15, 0.2) is 30.3 Å². The molecule has 0 radical (unpaired) electrons. The van der Waals surface area contributed by atoms with Gasteiger partial charge in [0.15, 0.2) is 0 Å². The zero-order valence-corrected chi connectivity index (χ0v) is 10.1. The molecule has 1 aliphatic rings. The van der Waals surface area contributed by atoms with E-state index in [-0.39, 0.29) is 0 Å². The third-order valence-corrected chi connectivity index (χ3v) is 3.41. The van der Waals surface area contributed by atoms with E-state index in [1.165, 1.54) is 18.4 Å². The largest absolute Gasteiger partial charge is 0.330 e. The Balaban J connectivity index is 2.15. The first-order valence-corrected chi connectivity index (χ1v) is 6.37. The number of benzene rings is 1. The minimum Gasteiger partial charge on any atom is -0.330 e. The first-order chi connectivity index (χ1) is 7.86. The van der Waals surface area contributed by atoms with Gasteiger partial charge < -0.3 is 5.73 Å². The monoisotopic (exact) mass is 218 g/mol. The van der Waals surface area contributed by atoms with Crippen LogP contribution in [0.4, 0.5) is 0 Å². The molecule has 0 heterocycles. The molecule has 1 fully saturated rings. The molecule has 1 aromatic rings. The molecule has 0 saturated heterocycles. The first-order valence-electron chi connectivity index (χ1n) is 6.37. The van der Waals surface area contributed by atoms with E-state index in [0.29, 0.717) is 6.04 Å². The molecule has 88 valence electrons. The van der Waals surface area contributed by atoms with E-state index >= 15 is 0 Å². The Bertz CT molecular complexity index is 306. The molecule has 0 bridgehead atoms. The maximum Gasteiger partial charge on any atom is 0.0362 e. The van der Waals surface area contributed by atoms with Crippen LogP contribution in [0.1, 0.15) is 37.8 Å². The summed E-state index contributed by atoms with van der Waals surface area (Å²) in [6.07, 6.45) is 3.79. The first kappa shape index (κ1) is 11.6. The normalized spacial score (nSPS) is 17.7. The molecule has 1 aromatic carbocycles. The Kier molecular flexibility index (Phi) is 3.97. The predicted molar refractivity (Wildman–Crippen MR) is 68.3 cm³/mol. The van der Waals surface area contributed by atoms with Gasteiger partial charge in [-0.15, -0.1) is 0 Å². The van der Waals surface area contributed by atoms with E-state index < -0.39 is 0 Å². The summed E-state index contributed by atoms with van der Waals surface area (Å²) >= 11 is 0. The molecule has 2 N–H and O–H groups in total. The minimum atomic E-state index is 0.517. The second-order valence-electron chi connectivity index (χ2n) is 4.57. The standard InChI is InChI=1S/C14H22N2/c1-2-16(13-8-9-13)14(10-11-15)12-6-4-3-5-7-12/h3-7,13-14H,2,8-11,15H2,1H3. The summed E-state index contributed by atoms with van der Waals surface area (Å²) < 4.78 is 0. The highest BCUT2D eigenvalue weighted by molar-refractivity contribution is 5.19. The number of nitrogens with two attached hydrogens (primary N) is 1. The van der Waals surface area contributed by atoms with Gasteiger partial charge in [-0.1, -0.05) is 37.3 Å². The summed E-state index contributed by atoms with van der Waals surface area (Å²) in [5, 5.41) is 0. The number of hydrogen-bond acceptors (Lipinski definition) is 2. The molecule has 2 rings (SSSR count). The fraction of sp³-hybridized carbons (Fsp3) is 0.571. The average Bonchev–Trinajstić information content (AvgIpc) is 3.15. The van der Waals surface area contributed by atoms with E-state index in [2.05, 4.69) is 42.2 Å². The Morgan fingerprint density at radius 3 is 2.50 bits per heavy atom. The number of hydrogen-bond donors (Lipinski definition) is 1. The van der Waals surface area contributed by atoms with Crippen molar-refractivity contribution in [1.82, 2.24) is 4.90 Å². The van der Waals surface area contributed by atoms with Gasteiger partial charge in [0.25, 0.3) is 0 Å². The van der Waals surface area contributed by atoms with E-state index in [4.69, 9.17) is 5.73 Å². The highest BCUT2D eigenvalue weighted by Crippen LogP contribution is 2.35. The van der Waals surface area contributed by atoms with Crippen molar-refractivity contribution in [3.63, 3.8) is 0 Å². The molecule has 1 unspecified atom stereocenters. The van der Waals surface area contributed by atoms with E-state index in [1.54, 1.807) is 0 Å². The van der Waals surface area contributed by atoms with Crippen LogP contribution in [0.3, 0.4) is 0 Å². The van der Waals surface area contributed by atoms with Crippen LogP contribution in [0.2, 0.25) is 0 Å². The molecular weight excluding hydrogens is 196 g/mol. The molecule has 2 heteroatoms. The average molecular weight is 218 g/mol. The molecule has 0 aromatic heterocycles. The Hall–Kier alpha value is -0.860. The molecule has 1 aliphatic carbocycles. The van der Waals surface area contributed by atoms with Gasteiger partial charge in [-0.05, 0) is 37.9 Å². The van der Waals surface area contributed by atoms with Crippen molar-refractivity contribution in [2.75, 3.05) is 13.1 Å². The maximum absolute atomic E-state index is 5.75. The van der Waals surface area contributed by atoms with Crippen molar-refractivity contribution in [3.8, 4) is 0 Å². The van der Waals surface area contributed by atoms with Crippen LogP contribution >= 0.6 is 0 Å². The summed E-state index contributed by atoms with van der Waals surface area (Å²) in [4.78, 5) is 2.61. The fourth-order valence-electron chi connectivity index (χ4n) is 2.50. The second kappa shape index (κ2) is 5.46. The highest BCUT2D eigenvalue weighted by Gasteiger charge is 2.32. The zero-order chi connectivity index (χ0) is 11.4. The van der Waals surface area contributed by atoms with Gasteiger partial charge in [0, 0.05) is 12.1 Å². The second-order valence-corrected chi connectivity index (χ2v) is 4.57. The summed E-state index contributed by atoms with van der Waals surface area (Å²) in [7, 11) is 0. The van der Waals surface area contributed by atoms with Crippen LogP contribution in [0.5, 0.6) is 0 Å². The zero-order valence-electron chi connectivity index (χ0n) is 10.1. The lowest BCUT2D eigenvalue weighted by molar-refractivity contribution is 0.189. The minimum absolute atomic E-state index is 0.517. The van der Waals surface area contributed by atoms with Gasteiger partial charge in [-0.2, -0.15) is 0 Å². The Morgan fingerprint density at radius 1 is 1.31 bits per heavy atom. The van der Waals surface area contributed by atoms with Crippen molar-refractivity contribution >= 4 is 0 Å². The van der Waals surface area contributed by atoms with Crippen molar-refractivity contribution < 1.29 is 0 Å². The summed E-state index contributed by atoms with van der Waals surface area (Å²) in [5.41, 5.74) is 7.17. The van der Waals surface area contributed by atoms with Gasteiger partial charge >= 0.3 is 0 Å². The molecule has 0 aliphatic heterocycles. The quantitative estimate of drug-likeness (QED) is 0.795. The molecule has 1 atom stereocenters. The molecule has 0 amide bonds. The molecule has 16 heavy (non-hydrogen) atoms. The molecule has 1 saturated carbocycles. The predicted octanol–water partition coefficient (Wildman–Crippen LogP) is 2.56. The molecular formula is C14H22N2. The number of nitrogens with zero attached hydrogens (tertiary/aromatic N) is 1. The maximum atomic E-state index is 5.75. The van der Waals surface area contributed by atoms with E-state index in [9.17, 15) is 0 Å². The molecule has 2 nitrogen and oxygen atoms in total. The van der Waals surface area contributed by atoms with E-state index in [0.717, 1.165) is 25.6 Å². The van der Waals surface area contributed by atoms with Crippen molar-refractivity contribution in [3.05, 3.63) is 35.9 Å². The van der Waals surface area contributed by atoms with Crippen LogP contribution in [0.25, 0.3) is 0 Å². The Morgan fingerprint density at radius 2 is 2.00 bits per heavy atom. The lowest BCUT2D eigenvalue weighted by Gasteiger charge is -2.31. The van der Waals surface area contributed by atoms with Crippen molar-refractivity contribution in [2.45, 2.75) is 38.3 Å². The third kappa shape index (κ3) is 2.63. The van der Waals surface area contributed by atoms with Crippen LogP contribution in [-0.2, 0) is 0 Å². The Labute approximate surface area is 98.4 Å². The van der Waals surface area contributed by atoms with Gasteiger partial charge in [0.05, 0.1) is 0 Å². The fourth-order valence-corrected chi connectivity index (χ4v) is 2.50. The lowest BCUT2D eigenvalue weighted by atomic mass is 10.0. The topological polar surface area (TPSA) is 29.3 Å². The highest BCUT2D eigenvalue weighted by atomic mass is 15.2. The molecule has 0 spiro atoms. The van der Waals surface area contributed by atoms with Gasteiger partial charge in [-0.3, -0.25) is 4.90 Å². The van der Waals surface area contributed by atoms with Crippen LogP contribution in [0, 0.1) is 0 Å². The van der Waals surface area contributed by atoms with Crippen LogP contribution < -0.4 is 5.73 Å². The summed E-state index contributed by atoms with van der Waals surface area (Å²) in [5.74, 6) is 0. The van der Waals surface area contributed by atoms with Crippen molar-refractivity contribution in [2.24, 2.45) is 5.73 Å². The number of rotatable bonds is 6. The smallest absolute Gasteiger partial charge is 0.0362 e. The van der Waals surface area contributed by atoms with Gasteiger partial charge in [-0.25, -0.2) is 0 Å². The summed E-state index contributed by atoms with van der Waals surface area (Å²) in [6, 6.07) is 12.1. The lowest BCUT2D eigenvalue weighted by Crippen LogP contribution is -2.32. The van der Waals surface area contributed by atoms with Gasteiger partial charge in [0.1, 0.15) is 0 Å². The van der Waals surface area contributed by atoms with Crippen molar-refractivity contribution in [1.29, 1.82) is 0 Å². The van der Waals surface area contributed by atoms with Gasteiger partial charge in [0.2, 0.25) is 0 Å². The summed E-state index contributed by atoms with van der Waals surface area (Å²) in [6.45, 7) is 4.15.